The molecule has 0 amide bonds. The number of rotatable bonds is 4. The minimum Gasteiger partial charge on any atom is -0.396 e. The molecule has 0 spiro atoms. The van der Waals surface area contributed by atoms with Crippen LogP contribution in [0.2, 0.25) is 5.15 Å². The first-order chi connectivity index (χ1) is 8.79. The lowest BCUT2D eigenvalue weighted by Crippen LogP contribution is -2.35. The average molecular weight is 286 g/mol. The van der Waals surface area contributed by atoms with Gasteiger partial charge in [0.15, 0.2) is 11.6 Å². The van der Waals surface area contributed by atoms with E-state index in [1.54, 1.807) is 0 Å². The topological polar surface area (TPSA) is 49.5 Å². The Balaban J connectivity index is 3.04. The molecule has 1 aromatic heterocycles. The first-order valence-corrected chi connectivity index (χ1v) is 6.28. The molecule has 0 fully saturated rings. The zero-order valence-electron chi connectivity index (χ0n) is 11.2. The van der Waals surface area contributed by atoms with E-state index in [0.717, 1.165) is 6.07 Å². The number of nitrogens with one attached hydrogen (secondary N) is 1. The van der Waals surface area contributed by atoms with Gasteiger partial charge in [0.2, 0.25) is 5.69 Å². The Morgan fingerprint density at radius 2 is 2.21 bits per heavy atom. The summed E-state index contributed by atoms with van der Waals surface area (Å²) in [4.78, 5) is 6.95. The van der Waals surface area contributed by atoms with Gasteiger partial charge in [0.05, 0.1) is 6.57 Å². The summed E-state index contributed by atoms with van der Waals surface area (Å²) in [7, 11) is 0. The van der Waals surface area contributed by atoms with E-state index >= 15 is 0 Å². The Morgan fingerprint density at radius 3 is 2.68 bits per heavy atom. The molecule has 0 aromatic carbocycles. The maximum Gasteiger partial charge on any atom is 0.226 e. The molecule has 104 valence electrons. The third-order valence-corrected chi connectivity index (χ3v) is 3.08. The fraction of sp³-hybridized carbons (Fsp3) is 0.538. The van der Waals surface area contributed by atoms with Gasteiger partial charge < -0.3 is 10.4 Å². The van der Waals surface area contributed by atoms with Crippen LogP contribution in [0.4, 0.5) is 15.9 Å². The minimum atomic E-state index is -0.623. The highest BCUT2D eigenvalue weighted by atomic mass is 35.5. The summed E-state index contributed by atoms with van der Waals surface area (Å²) < 4.78 is 13.8. The standard InChI is InChI=1S/C13H17ClFN3O/c1-13(2,3)10(5-6-19)17-12-8(15)7-9(16-4)11(14)18-12/h7,10,19H,5-6H2,1-3H3,(H,17,18). The van der Waals surface area contributed by atoms with Crippen molar-refractivity contribution in [2.45, 2.75) is 33.2 Å². The van der Waals surface area contributed by atoms with Gasteiger partial charge in [-0.2, -0.15) is 0 Å². The molecule has 6 heteroatoms. The fourth-order valence-corrected chi connectivity index (χ4v) is 1.83. The lowest BCUT2D eigenvalue weighted by Gasteiger charge is -2.31. The van der Waals surface area contributed by atoms with Crippen molar-refractivity contribution in [3.8, 4) is 0 Å². The number of nitrogens with zero attached hydrogens (tertiary/aromatic N) is 2. The molecule has 0 aliphatic carbocycles. The van der Waals surface area contributed by atoms with Crippen LogP contribution in [0.25, 0.3) is 4.85 Å². The molecule has 0 aliphatic rings. The molecule has 4 nitrogen and oxygen atoms in total. The summed E-state index contributed by atoms with van der Waals surface area (Å²) in [6.07, 6.45) is 0.465. The number of aromatic nitrogens is 1. The van der Waals surface area contributed by atoms with Gasteiger partial charge in [-0.3, -0.25) is 0 Å². The minimum absolute atomic E-state index is 0.00535. The first kappa shape index (κ1) is 15.7. The number of pyridine rings is 1. The van der Waals surface area contributed by atoms with E-state index in [1.165, 1.54) is 0 Å². The van der Waals surface area contributed by atoms with Crippen LogP contribution in [-0.4, -0.2) is 22.7 Å². The zero-order chi connectivity index (χ0) is 14.6. The second kappa shape index (κ2) is 6.18. The third kappa shape index (κ3) is 4.05. The van der Waals surface area contributed by atoms with Gasteiger partial charge in [-0.05, 0) is 17.9 Å². The highest BCUT2D eigenvalue weighted by molar-refractivity contribution is 6.32. The third-order valence-electron chi connectivity index (χ3n) is 2.81. The Bertz CT molecular complexity index is 494. The van der Waals surface area contributed by atoms with E-state index in [-0.39, 0.29) is 34.7 Å². The van der Waals surface area contributed by atoms with E-state index in [0.29, 0.717) is 6.42 Å². The fourth-order valence-electron chi connectivity index (χ4n) is 1.65. The van der Waals surface area contributed by atoms with Gasteiger partial charge in [-0.15, -0.1) is 0 Å². The monoisotopic (exact) mass is 285 g/mol. The summed E-state index contributed by atoms with van der Waals surface area (Å²) in [5.74, 6) is -0.617. The Labute approximate surface area is 117 Å². The van der Waals surface area contributed by atoms with Crippen molar-refractivity contribution < 1.29 is 9.50 Å². The van der Waals surface area contributed by atoms with Crippen molar-refractivity contribution in [2.24, 2.45) is 5.41 Å². The van der Waals surface area contributed by atoms with E-state index in [4.69, 9.17) is 23.3 Å². The van der Waals surface area contributed by atoms with E-state index in [9.17, 15) is 4.39 Å². The number of anilines is 1. The van der Waals surface area contributed by atoms with Gasteiger partial charge in [-0.25, -0.2) is 14.2 Å². The van der Waals surface area contributed by atoms with Crippen molar-refractivity contribution in [1.29, 1.82) is 0 Å². The maximum atomic E-state index is 13.8. The molecule has 1 atom stereocenters. The number of aliphatic hydroxyl groups excluding tert-OH is 1. The van der Waals surface area contributed by atoms with Crippen LogP contribution in [0.1, 0.15) is 27.2 Å². The number of aliphatic hydroxyl groups is 1. The van der Waals surface area contributed by atoms with Crippen LogP contribution in [0.15, 0.2) is 6.07 Å². The summed E-state index contributed by atoms with van der Waals surface area (Å²) in [5.41, 5.74) is -0.193. The number of hydrogen-bond acceptors (Lipinski definition) is 3. The maximum absolute atomic E-state index is 13.8. The summed E-state index contributed by atoms with van der Waals surface area (Å²) in [6, 6.07) is 0.901. The SMILES string of the molecule is [C-]#[N+]c1cc(F)c(NC(CCO)C(C)(C)C)nc1Cl. The predicted octanol–water partition coefficient (Wildman–Crippen LogP) is 3.63. The molecule has 1 heterocycles. The van der Waals surface area contributed by atoms with Crippen LogP contribution in [-0.2, 0) is 0 Å². The zero-order valence-corrected chi connectivity index (χ0v) is 11.9. The normalized spacial score (nSPS) is 12.9. The van der Waals surface area contributed by atoms with Crippen molar-refractivity contribution in [2.75, 3.05) is 11.9 Å². The smallest absolute Gasteiger partial charge is 0.226 e. The van der Waals surface area contributed by atoms with Gasteiger partial charge in [0.1, 0.15) is 5.15 Å². The van der Waals surface area contributed by atoms with Crippen molar-refractivity contribution in [3.05, 3.63) is 28.5 Å². The molecule has 0 aliphatic heterocycles. The highest BCUT2D eigenvalue weighted by Gasteiger charge is 2.25. The molecule has 1 aromatic rings. The number of hydrogen-bond donors (Lipinski definition) is 2. The lowest BCUT2D eigenvalue weighted by molar-refractivity contribution is 0.234. The highest BCUT2D eigenvalue weighted by Crippen LogP contribution is 2.30. The van der Waals surface area contributed by atoms with E-state index < -0.39 is 5.82 Å². The number of halogens is 2. The summed E-state index contributed by atoms with van der Waals surface area (Å²) in [6.45, 7) is 12.8. The quantitative estimate of drug-likeness (QED) is 0.656. The summed E-state index contributed by atoms with van der Waals surface area (Å²) in [5, 5.41) is 12.0. The van der Waals surface area contributed by atoms with Crippen molar-refractivity contribution in [1.82, 2.24) is 4.98 Å². The van der Waals surface area contributed by atoms with Gasteiger partial charge in [0, 0.05) is 12.6 Å². The van der Waals surface area contributed by atoms with Crippen LogP contribution in [0.5, 0.6) is 0 Å². The largest absolute Gasteiger partial charge is 0.396 e. The molecule has 0 saturated carbocycles. The summed E-state index contributed by atoms with van der Waals surface area (Å²) >= 11 is 5.80. The molecule has 1 rings (SSSR count). The molecule has 0 radical (unpaired) electrons. The van der Waals surface area contributed by atoms with E-state index in [2.05, 4.69) is 15.1 Å². The van der Waals surface area contributed by atoms with Gasteiger partial charge in [0.25, 0.3) is 0 Å². The molecule has 0 bridgehead atoms. The molecule has 2 N–H and O–H groups in total. The molecule has 0 saturated heterocycles. The van der Waals surface area contributed by atoms with Crippen LogP contribution in [0.3, 0.4) is 0 Å². The van der Waals surface area contributed by atoms with Gasteiger partial charge in [-0.1, -0.05) is 32.4 Å². The molecule has 19 heavy (non-hydrogen) atoms. The van der Waals surface area contributed by atoms with Gasteiger partial charge >= 0.3 is 0 Å². The second-order valence-electron chi connectivity index (χ2n) is 5.32. The Morgan fingerprint density at radius 1 is 1.58 bits per heavy atom. The predicted molar refractivity (Wildman–Crippen MR) is 74.0 cm³/mol. The van der Waals surface area contributed by atoms with E-state index in [1.807, 2.05) is 20.8 Å². The second-order valence-corrected chi connectivity index (χ2v) is 5.67. The average Bonchev–Trinajstić information content (AvgIpc) is 2.31. The Kier molecular flexibility index (Phi) is 5.10. The van der Waals surface area contributed by atoms with Crippen LogP contribution >= 0.6 is 11.6 Å². The van der Waals surface area contributed by atoms with Crippen molar-refractivity contribution >= 4 is 23.1 Å². The molecule has 1 unspecified atom stereocenters. The Hall–Kier alpha value is -1.38. The molecular weight excluding hydrogens is 269 g/mol. The lowest BCUT2D eigenvalue weighted by atomic mass is 9.85. The molecular formula is C13H17ClFN3O. The first-order valence-electron chi connectivity index (χ1n) is 5.90. The van der Waals surface area contributed by atoms with Crippen LogP contribution in [0, 0.1) is 17.8 Å². The van der Waals surface area contributed by atoms with Crippen LogP contribution < -0.4 is 5.32 Å². The van der Waals surface area contributed by atoms with Crippen molar-refractivity contribution in [3.63, 3.8) is 0 Å².